The Morgan fingerprint density at radius 3 is 2.84 bits per heavy atom. The fourth-order valence-corrected chi connectivity index (χ4v) is 3.02. The summed E-state index contributed by atoms with van der Waals surface area (Å²) in [6, 6.07) is 12.8. The molecule has 0 radical (unpaired) electrons. The lowest BCUT2D eigenvalue weighted by atomic mass is 9.94. The van der Waals surface area contributed by atoms with Crippen LogP contribution in [0.1, 0.15) is 33.1 Å². The van der Waals surface area contributed by atoms with E-state index in [4.69, 9.17) is 0 Å². The van der Waals surface area contributed by atoms with Crippen LogP contribution in [-0.2, 0) is 6.42 Å². The van der Waals surface area contributed by atoms with E-state index in [-0.39, 0.29) is 30.0 Å². The van der Waals surface area contributed by atoms with Crippen molar-refractivity contribution in [3.63, 3.8) is 0 Å². The molecule has 1 heterocycles. The number of aryl methyl sites for hydroxylation is 1. The molecule has 7 heteroatoms. The van der Waals surface area contributed by atoms with Crippen LogP contribution in [-0.4, -0.2) is 23.9 Å². The van der Waals surface area contributed by atoms with Gasteiger partial charge in [-0.1, -0.05) is 30.3 Å². The number of nitrogens with one attached hydrogen (secondary N) is 2. The summed E-state index contributed by atoms with van der Waals surface area (Å²) in [4.78, 5) is 22.9. The molecule has 0 aliphatic carbocycles. The zero-order valence-corrected chi connectivity index (χ0v) is 14.6. The third-order valence-corrected chi connectivity index (χ3v) is 4.35. The van der Waals surface area contributed by atoms with E-state index in [2.05, 4.69) is 22.8 Å². The van der Waals surface area contributed by atoms with Crippen molar-refractivity contribution in [2.75, 3.05) is 13.1 Å². The van der Waals surface area contributed by atoms with Gasteiger partial charge in [-0.05, 0) is 37.1 Å². The number of nitro benzene ring substituents is 1. The molecule has 2 N–H and O–H groups in total. The lowest BCUT2D eigenvalue weighted by molar-refractivity contribution is -0.385. The highest BCUT2D eigenvalue weighted by molar-refractivity contribution is 5.95. The van der Waals surface area contributed by atoms with Gasteiger partial charge >= 0.3 is 0 Å². The number of amides is 1. The van der Waals surface area contributed by atoms with Crippen LogP contribution in [0.15, 0.2) is 42.5 Å². The molecule has 0 bridgehead atoms. The van der Waals surface area contributed by atoms with E-state index >= 15 is 0 Å². The minimum atomic E-state index is -0.467. The van der Waals surface area contributed by atoms with Gasteiger partial charge in [0.2, 0.25) is 0 Å². The maximum atomic E-state index is 12.3. The number of carbonyl (C=O) groups excluding carboxylic acids is 1. The molecule has 0 saturated heterocycles. The van der Waals surface area contributed by atoms with Crippen molar-refractivity contribution in [1.29, 1.82) is 0 Å². The molecule has 0 aromatic heterocycles. The largest absolute Gasteiger partial charge is 0.350 e. The highest BCUT2D eigenvalue weighted by Gasteiger charge is 2.20. The van der Waals surface area contributed by atoms with Crippen molar-refractivity contribution in [3.05, 3.63) is 74.8 Å². The SMILES string of the molecule is Cc1ccc(C(=O)NCC2NCCc3ccccc32)cc1[N+](=O)[O-].Cl. The van der Waals surface area contributed by atoms with Crippen LogP contribution in [0.25, 0.3) is 0 Å². The minimum Gasteiger partial charge on any atom is -0.350 e. The van der Waals surface area contributed by atoms with E-state index in [9.17, 15) is 14.9 Å². The third-order valence-electron chi connectivity index (χ3n) is 4.35. The lowest BCUT2D eigenvalue weighted by Gasteiger charge is -2.27. The smallest absolute Gasteiger partial charge is 0.273 e. The summed E-state index contributed by atoms with van der Waals surface area (Å²) >= 11 is 0. The van der Waals surface area contributed by atoms with E-state index in [1.54, 1.807) is 19.1 Å². The van der Waals surface area contributed by atoms with E-state index in [0.29, 0.717) is 17.7 Å². The molecule has 2 aromatic carbocycles. The van der Waals surface area contributed by atoms with Crippen molar-refractivity contribution in [1.82, 2.24) is 10.6 Å². The first-order chi connectivity index (χ1) is 11.6. The Balaban J connectivity index is 0.00000225. The first-order valence-corrected chi connectivity index (χ1v) is 7.90. The molecule has 3 rings (SSSR count). The normalized spacial score (nSPS) is 15.6. The zero-order valence-electron chi connectivity index (χ0n) is 13.8. The average Bonchev–Trinajstić information content (AvgIpc) is 2.59. The molecule has 1 aliphatic heterocycles. The molecule has 25 heavy (non-hydrogen) atoms. The third kappa shape index (κ3) is 4.15. The maximum Gasteiger partial charge on any atom is 0.273 e. The van der Waals surface area contributed by atoms with Crippen LogP contribution in [0, 0.1) is 17.0 Å². The number of fused-ring (bicyclic) bond motifs is 1. The Labute approximate surface area is 152 Å². The molecule has 6 nitrogen and oxygen atoms in total. The quantitative estimate of drug-likeness (QED) is 0.647. The van der Waals surface area contributed by atoms with E-state index in [1.165, 1.54) is 17.2 Å². The minimum absolute atomic E-state index is 0. The predicted molar refractivity (Wildman–Crippen MR) is 98.3 cm³/mol. The van der Waals surface area contributed by atoms with Crippen LogP contribution >= 0.6 is 12.4 Å². The number of hydrogen-bond acceptors (Lipinski definition) is 4. The number of rotatable bonds is 4. The highest BCUT2D eigenvalue weighted by Crippen LogP contribution is 2.22. The highest BCUT2D eigenvalue weighted by atomic mass is 35.5. The molecule has 1 aliphatic rings. The first-order valence-electron chi connectivity index (χ1n) is 7.90. The van der Waals surface area contributed by atoms with Crippen molar-refractivity contribution >= 4 is 24.0 Å². The van der Waals surface area contributed by atoms with Crippen molar-refractivity contribution in [3.8, 4) is 0 Å². The number of hydrogen-bond donors (Lipinski definition) is 2. The second kappa shape index (κ2) is 8.09. The standard InChI is InChI=1S/C18H19N3O3.ClH/c1-12-6-7-14(10-17(12)21(23)24)18(22)20-11-16-15-5-3-2-4-13(15)8-9-19-16;/h2-7,10,16,19H,8-9,11H2,1H3,(H,20,22);1H. The summed E-state index contributed by atoms with van der Waals surface area (Å²) in [5.41, 5.74) is 3.29. The topological polar surface area (TPSA) is 84.3 Å². The van der Waals surface area contributed by atoms with Crippen molar-refractivity contribution in [2.45, 2.75) is 19.4 Å². The molecule has 132 valence electrons. The summed E-state index contributed by atoms with van der Waals surface area (Å²) in [5, 5.41) is 17.3. The second-order valence-corrected chi connectivity index (χ2v) is 5.92. The number of benzene rings is 2. The molecule has 1 unspecified atom stereocenters. The Kier molecular flexibility index (Phi) is 6.12. The molecule has 0 spiro atoms. The number of halogens is 1. The van der Waals surface area contributed by atoms with Gasteiger partial charge < -0.3 is 10.6 Å². The van der Waals surface area contributed by atoms with Crippen LogP contribution in [0.5, 0.6) is 0 Å². The van der Waals surface area contributed by atoms with Crippen LogP contribution in [0.2, 0.25) is 0 Å². The average molecular weight is 362 g/mol. The van der Waals surface area contributed by atoms with Crippen molar-refractivity contribution < 1.29 is 9.72 Å². The fourth-order valence-electron chi connectivity index (χ4n) is 3.02. The Hall–Kier alpha value is -2.44. The van der Waals surface area contributed by atoms with Gasteiger partial charge in [-0.2, -0.15) is 0 Å². The van der Waals surface area contributed by atoms with Gasteiger partial charge in [-0.15, -0.1) is 12.4 Å². The second-order valence-electron chi connectivity index (χ2n) is 5.92. The van der Waals surface area contributed by atoms with Crippen LogP contribution in [0.4, 0.5) is 5.69 Å². The lowest BCUT2D eigenvalue weighted by Crippen LogP contribution is -2.38. The van der Waals surface area contributed by atoms with Crippen molar-refractivity contribution in [2.24, 2.45) is 0 Å². The van der Waals surface area contributed by atoms with Gasteiger partial charge in [0, 0.05) is 29.8 Å². The molecule has 1 atom stereocenters. The molecule has 1 amide bonds. The van der Waals surface area contributed by atoms with E-state index in [1.807, 2.05) is 12.1 Å². The predicted octanol–water partition coefficient (Wildman–Crippen LogP) is 2.94. The van der Waals surface area contributed by atoms with Gasteiger partial charge in [-0.3, -0.25) is 14.9 Å². The van der Waals surface area contributed by atoms with E-state index in [0.717, 1.165) is 13.0 Å². The summed E-state index contributed by atoms with van der Waals surface area (Å²) in [6.45, 7) is 2.97. The maximum absolute atomic E-state index is 12.3. The van der Waals surface area contributed by atoms with Crippen LogP contribution in [0.3, 0.4) is 0 Å². The summed E-state index contributed by atoms with van der Waals surface area (Å²) in [5.74, 6) is -0.303. The van der Waals surface area contributed by atoms with Crippen LogP contribution < -0.4 is 10.6 Å². The first kappa shape index (κ1) is 18.9. The number of nitrogens with zero attached hydrogens (tertiary/aromatic N) is 1. The summed E-state index contributed by atoms with van der Waals surface area (Å²) in [6.07, 6.45) is 0.977. The van der Waals surface area contributed by atoms with Gasteiger partial charge in [0.05, 0.1) is 4.92 Å². The molecule has 2 aromatic rings. The van der Waals surface area contributed by atoms with E-state index < -0.39 is 4.92 Å². The number of carbonyl (C=O) groups is 1. The fraction of sp³-hybridized carbons (Fsp3) is 0.278. The van der Waals surface area contributed by atoms with Gasteiger partial charge in [-0.25, -0.2) is 0 Å². The summed E-state index contributed by atoms with van der Waals surface area (Å²) < 4.78 is 0. The van der Waals surface area contributed by atoms with Gasteiger partial charge in [0.15, 0.2) is 0 Å². The molecule has 0 fully saturated rings. The monoisotopic (exact) mass is 361 g/mol. The molecule has 0 saturated carbocycles. The Morgan fingerprint density at radius 1 is 1.32 bits per heavy atom. The summed E-state index contributed by atoms with van der Waals surface area (Å²) in [7, 11) is 0. The Bertz CT molecular complexity index is 795. The van der Waals surface area contributed by atoms with Gasteiger partial charge in [0.25, 0.3) is 11.6 Å². The molecular formula is C18H20ClN3O3. The Morgan fingerprint density at radius 2 is 2.08 bits per heavy atom. The zero-order chi connectivity index (χ0) is 17.1. The number of nitro groups is 1. The molecular weight excluding hydrogens is 342 g/mol. The van der Waals surface area contributed by atoms with Gasteiger partial charge in [0.1, 0.15) is 0 Å².